The number of hydrogen-bond acceptors (Lipinski definition) is 8. The molecule has 0 saturated carbocycles. The topological polar surface area (TPSA) is 89.9 Å². The molecule has 1 aliphatic heterocycles. The summed E-state index contributed by atoms with van der Waals surface area (Å²) in [5.74, 6) is 0.474. The third kappa shape index (κ3) is 5.07. The van der Waals surface area contributed by atoms with E-state index in [4.69, 9.17) is 14.2 Å². The second-order valence-corrected chi connectivity index (χ2v) is 6.93. The summed E-state index contributed by atoms with van der Waals surface area (Å²) in [6, 6.07) is 0.399. The molecule has 9 nitrogen and oxygen atoms in total. The summed E-state index contributed by atoms with van der Waals surface area (Å²) in [6.07, 6.45) is 0.479. The fourth-order valence-corrected chi connectivity index (χ4v) is 2.59. The molecule has 1 saturated heterocycles. The number of ether oxygens (including phenoxy) is 3. The Hall–Kier alpha value is -2.32. The lowest BCUT2D eigenvalue weighted by atomic mass is 10.2. The molecule has 0 N–H and O–H groups in total. The van der Waals surface area contributed by atoms with Crippen molar-refractivity contribution in [1.82, 2.24) is 19.9 Å². The Morgan fingerprint density at radius 1 is 1.08 bits per heavy atom. The van der Waals surface area contributed by atoms with E-state index >= 15 is 0 Å². The quantitative estimate of drug-likeness (QED) is 0.811. The number of methoxy groups -OCH3 is 2. The number of nitrogens with zero attached hydrogens (tertiary/aromatic N) is 5. The molecule has 1 atom stereocenters. The Balaban J connectivity index is 2.16. The van der Waals surface area contributed by atoms with Gasteiger partial charge in [0, 0.05) is 25.7 Å². The van der Waals surface area contributed by atoms with E-state index in [2.05, 4.69) is 15.0 Å². The Kier molecular flexibility index (Phi) is 5.86. The van der Waals surface area contributed by atoms with Gasteiger partial charge in [-0.3, -0.25) is 0 Å². The molecule has 0 unspecified atom stereocenters. The van der Waals surface area contributed by atoms with Crippen molar-refractivity contribution in [1.29, 1.82) is 0 Å². The van der Waals surface area contributed by atoms with Crippen molar-refractivity contribution >= 4 is 12.0 Å². The minimum atomic E-state index is -0.513. The van der Waals surface area contributed by atoms with Crippen LogP contribution in [0.4, 0.5) is 10.7 Å². The van der Waals surface area contributed by atoms with Crippen LogP contribution in [0, 0.1) is 0 Å². The van der Waals surface area contributed by atoms with Crippen LogP contribution in [0.25, 0.3) is 0 Å². The van der Waals surface area contributed by atoms with Crippen LogP contribution in [0.3, 0.4) is 0 Å². The summed E-state index contributed by atoms with van der Waals surface area (Å²) in [5, 5.41) is 0. The lowest BCUT2D eigenvalue weighted by Crippen LogP contribution is -2.43. The normalized spacial score (nSPS) is 18.6. The Labute approximate surface area is 148 Å². The van der Waals surface area contributed by atoms with Gasteiger partial charge in [0.25, 0.3) is 0 Å². The van der Waals surface area contributed by atoms with E-state index in [1.807, 2.05) is 32.6 Å². The molecule has 2 heterocycles. The van der Waals surface area contributed by atoms with E-state index in [1.165, 1.54) is 14.2 Å². The van der Waals surface area contributed by atoms with Gasteiger partial charge in [0.1, 0.15) is 5.60 Å². The predicted molar refractivity (Wildman–Crippen MR) is 92.2 cm³/mol. The summed E-state index contributed by atoms with van der Waals surface area (Å²) in [6.45, 7) is 9.45. The molecule has 0 radical (unpaired) electrons. The number of anilines is 1. The smallest absolute Gasteiger partial charge is 0.410 e. The van der Waals surface area contributed by atoms with Crippen molar-refractivity contribution < 1.29 is 19.0 Å². The highest BCUT2D eigenvalue weighted by Crippen LogP contribution is 2.21. The molecule has 140 valence electrons. The van der Waals surface area contributed by atoms with Gasteiger partial charge in [0.2, 0.25) is 5.95 Å². The van der Waals surface area contributed by atoms with Crippen molar-refractivity contribution in [2.24, 2.45) is 0 Å². The first-order valence-electron chi connectivity index (χ1n) is 8.32. The molecule has 1 aliphatic rings. The molecule has 1 amide bonds. The van der Waals surface area contributed by atoms with E-state index in [0.717, 1.165) is 6.42 Å². The highest BCUT2D eigenvalue weighted by Gasteiger charge is 2.29. The summed E-state index contributed by atoms with van der Waals surface area (Å²) < 4.78 is 15.7. The molecule has 1 aromatic rings. The number of carbonyl (C=O) groups excluding carboxylic acids is 1. The summed E-state index contributed by atoms with van der Waals surface area (Å²) in [4.78, 5) is 28.8. The third-order valence-corrected chi connectivity index (χ3v) is 3.70. The zero-order chi connectivity index (χ0) is 18.6. The first-order valence-corrected chi connectivity index (χ1v) is 8.32. The summed E-state index contributed by atoms with van der Waals surface area (Å²) in [7, 11) is 2.99. The minimum Gasteiger partial charge on any atom is -0.467 e. The van der Waals surface area contributed by atoms with E-state index in [0.29, 0.717) is 25.6 Å². The Morgan fingerprint density at radius 2 is 1.68 bits per heavy atom. The Bertz CT molecular complexity index is 582. The highest BCUT2D eigenvalue weighted by atomic mass is 16.6. The lowest BCUT2D eigenvalue weighted by Gasteiger charge is -2.30. The highest BCUT2D eigenvalue weighted by molar-refractivity contribution is 5.68. The van der Waals surface area contributed by atoms with Gasteiger partial charge in [-0.05, 0) is 34.1 Å². The van der Waals surface area contributed by atoms with Gasteiger partial charge < -0.3 is 24.0 Å². The van der Waals surface area contributed by atoms with Crippen LogP contribution >= 0.6 is 0 Å². The molecule has 0 aromatic carbocycles. The second kappa shape index (κ2) is 7.71. The van der Waals surface area contributed by atoms with Gasteiger partial charge in [0.05, 0.1) is 14.2 Å². The molecule has 9 heteroatoms. The maximum Gasteiger partial charge on any atom is 0.410 e. The van der Waals surface area contributed by atoms with Crippen molar-refractivity contribution in [2.45, 2.75) is 45.8 Å². The number of carbonyl (C=O) groups is 1. The van der Waals surface area contributed by atoms with Crippen molar-refractivity contribution in [3.05, 3.63) is 0 Å². The molecule has 25 heavy (non-hydrogen) atoms. The zero-order valence-corrected chi connectivity index (χ0v) is 15.8. The Morgan fingerprint density at radius 3 is 2.20 bits per heavy atom. The van der Waals surface area contributed by atoms with Crippen LogP contribution in [0.15, 0.2) is 0 Å². The van der Waals surface area contributed by atoms with Gasteiger partial charge in [0.15, 0.2) is 0 Å². The molecule has 1 fully saturated rings. The minimum absolute atomic E-state index is 0.00632. The number of amides is 1. The number of hydrogen-bond donors (Lipinski definition) is 0. The fraction of sp³-hybridized carbons (Fsp3) is 0.750. The maximum absolute atomic E-state index is 12.4. The van der Waals surface area contributed by atoms with Crippen molar-refractivity contribution in [3.8, 4) is 12.0 Å². The van der Waals surface area contributed by atoms with Crippen LogP contribution in [-0.4, -0.2) is 71.4 Å². The van der Waals surface area contributed by atoms with Gasteiger partial charge >= 0.3 is 18.1 Å². The lowest BCUT2D eigenvalue weighted by molar-refractivity contribution is 0.0251. The largest absolute Gasteiger partial charge is 0.467 e. The number of aromatic nitrogens is 3. The molecule has 1 aromatic heterocycles. The predicted octanol–water partition coefficient (Wildman–Crippen LogP) is 1.72. The third-order valence-electron chi connectivity index (χ3n) is 3.70. The standard InChI is InChI=1S/C16H27N5O4/c1-11-10-20(15(22)25-16(2,3)4)8-7-9-21(11)12-17-13(23-5)19-14(18-12)24-6/h11H,7-10H2,1-6H3/t11-/m1/s1. The summed E-state index contributed by atoms with van der Waals surface area (Å²) >= 11 is 0. The maximum atomic E-state index is 12.4. The van der Waals surface area contributed by atoms with E-state index in [-0.39, 0.29) is 24.2 Å². The first-order chi connectivity index (χ1) is 11.7. The monoisotopic (exact) mass is 353 g/mol. The molecule has 2 rings (SSSR count). The van der Waals surface area contributed by atoms with E-state index in [9.17, 15) is 4.79 Å². The molecular formula is C16H27N5O4. The molecule has 0 spiro atoms. The second-order valence-electron chi connectivity index (χ2n) is 6.93. The van der Waals surface area contributed by atoms with E-state index < -0.39 is 5.60 Å². The van der Waals surface area contributed by atoms with E-state index in [1.54, 1.807) is 4.90 Å². The first kappa shape index (κ1) is 19.0. The van der Waals surface area contributed by atoms with Crippen LogP contribution in [0.2, 0.25) is 0 Å². The van der Waals surface area contributed by atoms with Crippen molar-refractivity contribution in [3.63, 3.8) is 0 Å². The van der Waals surface area contributed by atoms with Crippen molar-refractivity contribution in [2.75, 3.05) is 38.8 Å². The average molecular weight is 353 g/mol. The van der Waals surface area contributed by atoms with Gasteiger partial charge in [-0.25, -0.2) is 4.79 Å². The van der Waals surface area contributed by atoms with Crippen LogP contribution in [0.1, 0.15) is 34.1 Å². The molecule has 0 aliphatic carbocycles. The van der Waals surface area contributed by atoms with Crippen LogP contribution in [-0.2, 0) is 4.74 Å². The molecular weight excluding hydrogens is 326 g/mol. The van der Waals surface area contributed by atoms with Crippen LogP contribution < -0.4 is 14.4 Å². The fourth-order valence-electron chi connectivity index (χ4n) is 2.59. The molecule has 0 bridgehead atoms. The van der Waals surface area contributed by atoms with Crippen LogP contribution in [0.5, 0.6) is 12.0 Å². The SMILES string of the molecule is COc1nc(OC)nc(N2CCCN(C(=O)OC(C)(C)C)C[C@H]2C)n1. The zero-order valence-electron chi connectivity index (χ0n) is 15.8. The summed E-state index contributed by atoms with van der Waals surface area (Å²) in [5.41, 5.74) is -0.513. The van der Waals surface area contributed by atoms with Gasteiger partial charge in [-0.1, -0.05) is 0 Å². The number of rotatable bonds is 3. The average Bonchev–Trinajstić information content (AvgIpc) is 2.74. The van der Waals surface area contributed by atoms with Gasteiger partial charge in [-0.15, -0.1) is 4.98 Å². The van der Waals surface area contributed by atoms with Gasteiger partial charge in [-0.2, -0.15) is 9.97 Å².